The summed E-state index contributed by atoms with van der Waals surface area (Å²) >= 11 is 3.37. The lowest BCUT2D eigenvalue weighted by Crippen LogP contribution is -1.97. The summed E-state index contributed by atoms with van der Waals surface area (Å²) in [6, 6.07) is 3.79. The Balaban J connectivity index is 2.45. The van der Waals surface area contributed by atoms with E-state index in [0.717, 1.165) is 27.6 Å². The number of nitrogens with zero attached hydrogens (tertiary/aromatic N) is 1. The molecule has 0 spiro atoms. The van der Waals surface area contributed by atoms with E-state index in [2.05, 4.69) is 25.9 Å². The molecule has 0 aliphatic rings. The van der Waals surface area contributed by atoms with E-state index in [1.54, 1.807) is 0 Å². The molecule has 5 heteroatoms. The molecular formula is C9H10BrN3O. The van der Waals surface area contributed by atoms with Crippen LogP contribution in [-0.4, -0.2) is 9.97 Å². The highest BCUT2D eigenvalue weighted by atomic mass is 79.9. The summed E-state index contributed by atoms with van der Waals surface area (Å²) in [7, 11) is 0. The molecule has 0 fully saturated rings. The first-order valence-electron chi connectivity index (χ1n) is 4.22. The average Bonchev–Trinajstić information content (AvgIpc) is 2.71. The molecule has 4 nitrogen and oxygen atoms in total. The van der Waals surface area contributed by atoms with E-state index < -0.39 is 0 Å². The Morgan fingerprint density at radius 1 is 1.57 bits per heavy atom. The van der Waals surface area contributed by atoms with Gasteiger partial charge in [-0.25, -0.2) is 4.98 Å². The number of aromatic nitrogens is 2. The number of aryl methyl sites for hydroxylation is 1. The number of H-pyrrole nitrogens is 1. The first kappa shape index (κ1) is 9.48. The third kappa shape index (κ3) is 1.60. The molecule has 2 heterocycles. The van der Waals surface area contributed by atoms with Crippen LogP contribution < -0.4 is 5.73 Å². The van der Waals surface area contributed by atoms with Crippen LogP contribution in [0.15, 0.2) is 21.2 Å². The second-order valence-corrected chi connectivity index (χ2v) is 3.75. The molecule has 3 N–H and O–H groups in total. The third-order valence-corrected chi connectivity index (χ3v) is 2.45. The minimum atomic E-state index is 0.387. The van der Waals surface area contributed by atoms with Crippen molar-refractivity contribution in [2.45, 2.75) is 13.5 Å². The molecule has 0 aliphatic carbocycles. The predicted octanol–water partition coefficient (Wildman–Crippen LogP) is 2.20. The minimum absolute atomic E-state index is 0.387. The van der Waals surface area contributed by atoms with Crippen LogP contribution in [0, 0.1) is 6.92 Å². The van der Waals surface area contributed by atoms with Gasteiger partial charge in [0, 0.05) is 0 Å². The number of imidazole rings is 1. The van der Waals surface area contributed by atoms with E-state index in [1.165, 1.54) is 0 Å². The van der Waals surface area contributed by atoms with Gasteiger partial charge < -0.3 is 15.1 Å². The number of nitrogens with one attached hydrogen (secondary N) is 1. The Morgan fingerprint density at radius 3 is 2.86 bits per heavy atom. The second kappa shape index (κ2) is 3.59. The normalized spacial score (nSPS) is 10.8. The van der Waals surface area contributed by atoms with Gasteiger partial charge in [-0.2, -0.15) is 0 Å². The van der Waals surface area contributed by atoms with Crippen LogP contribution in [0.1, 0.15) is 11.6 Å². The number of aromatic amines is 1. The topological polar surface area (TPSA) is 67.8 Å². The Kier molecular flexibility index (Phi) is 2.43. The highest BCUT2D eigenvalue weighted by molar-refractivity contribution is 9.10. The van der Waals surface area contributed by atoms with Crippen LogP contribution >= 0.6 is 15.9 Å². The van der Waals surface area contributed by atoms with Crippen molar-refractivity contribution in [3.05, 3.63) is 28.3 Å². The Morgan fingerprint density at radius 2 is 2.36 bits per heavy atom. The lowest BCUT2D eigenvalue weighted by atomic mass is 10.3. The molecule has 0 aromatic carbocycles. The van der Waals surface area contributed by atoms with Gasteiger partial charge in [-0.15, -0.1) is 0 Å². The summed E-state index contributed by atoms with van der Waals surface area (Å²) in [5.41, 5.74) is 6.23. The lowest BCUT2D eigenvalue weighted by Gasteiger charge is -1.90. The first-order valence-corrected chi connectivity index (χ1v) is 5.01. The summed E-state index contributed by atoms with van der Waals surface area (Å²) in [5.74, 6) is 2.34. The molecular weight excluding hydrogens is 246 g/mol. The summed E-state index contributed by atoms with van der Waals surface area (Å²) < 4.78 is 6.25. The molecule has 0 amide bonds. The molecule has 0 atom stereocenters. The third-order valence-electron chi connectivity index (χ3n) is 1.88. The predicted molar refractivity (Wildman–Crippen MR) is 56.6 cm³/mol. The van der Waals surface area contributed by atoms with E-state index in [0.29, 0.717) is 6.54 Å². The molecule has 0 bridgehead atoms. The van der Waals surface area contributed by atoms with Crippen molar-refractivity contribution in [1.82, 2.24) is 9.97 Å². The van der Waals surface area contributed by atoms with Crippen molar-refractivity contribution in [3.63, 3.8) is 0 Å². The van der Waals surface area contributed by atoms with Crippen LogP contribution in [0.5, 0.6) is 0 Å². The first-order chi connectivity index (χ1) is 6.70. The summed E-state index contributed by atoms with van der Waals surface area (Å²) in [4.78, 5) is 7.31. The van der Waals surface area contributed by atoms with Gasteiger partial charge >= 0.3 is 0 Å². The number of nitrogens with two attached hydrogens (primary N) is 1. The summed E-state index contributed by atoms with van der Waals surface area (Å²) in [6.07, 6.45) is 0. The van der Waals surface area contributed by atoms with E-state index in [4.69, 9.17) is 10.2 Å². The maximum Gasteiger partial charge on any atom is 0.155 e. The number of hydrogen-bond donors (Lipinski definition) is 2. The van der Waals surface area contributed by atoms with Crippen LogP contribution in [0.25, 0.3) is 11.5 Å². The Labute approximate surface area is 89.6 Å². The zero-order chi connectivity index (χ0) is 10.1. The maximum atomic E-state index is 5.47. The second-order valence-electron chi connectivity index (χ2n) is 2.96. The van der Waals surface area contributed by atoms with Gasteiger partial charge in [0.2, 0.25) is 0 Å². The van der Waals surface area contributed by atoms with Crippen molar-refractivity contribution in [1.29, 1.82) is 0 Å². The lowest BCUT2D eigenvalue weighted by molar-refractivity contribution is 0.546. The smallest absolute Gasteiger partial charge is 0.155 e. The van der Waals surface area contributed by atoms with Gasteiger partial charge in [-0.05, 0) is 35.0 Å². The molecule has 74 valence electrons. The average molecular weight is 256 g/mol. The van der Waals surface area contributed by atoms with Gasteiger partial charge in [0.15, 0.2) is 5.76 Å². The Hall–Kier alpha value is -1.07. The number of halogens is 1. The SMILES string of the molecule is Cc1ccc(-c2nc(CN)[nH]c2Br)o1. The molecule has 0 saturated heterocycles. The molecule has 0 saturated carbocycles. The summed E-state index contributed by atoms with van der Waals surface area (Å²) in [6.45, 7) is 2.28. The molecule has 2 aromatic heterocycles. The number of hydrogen-bond acceptors (Lipinski definition) is 3. The van der Waals surface area contributed by atoms with E-state index in [9.17, 15) is 0 Å². The van der Waals surface area contributed by atoms with E-state index >= 15 is 0 Å². The minimum Gasteiger partial charge on any atom is -0.460 e. The fourth-order valence-electron chi connectivity index (χ4n) is 1.22. The number of rotatable bonds is 2. The van der Waals surface area contributed by atoms with Crippen molar-refractivity contribution in [3.8, 4) is 11.5 Å². The largest absolute Gasteiger partial charge is 0.460 e. The maximum absolute atomic E-state index is 5.47. The standard InChI is InChI=1S/C9H10BrN3O/c1-5-2-3-6(14-5)8-9(10)13-7(4-11)12-8/h2-3H,4,11H2,1H3,(H,12,13). The molecule has 0 unspecified atom stereocenters. The van der Waals surface area contributed by atoms with Gasteiger partial charge in [0.1, 0.15) is 21.9 Å². The highest BCUT2D eigenvalue weighted by Crippen LogP contribution is 2.27. The monoisotopic (exact) mass is 255 g/mol. The van der Waals surface area contributed by atoms with Gasteiger partial charge in [0.25, 0.3) is 0 Å². The van der Waals surface area contributed by atoms with Crippen molar-refractivity contribution in [2.75, 3.05) is 0 Å². The van der Waals surface area contributed by atoms with Crippen molar-refractivity contribution < 1.29 is 4.42 Å². The van der Waals surface area contributed by atoms with Gasteiger partial charge in [-0.1, -0.05) is 0 Å². The quantitative estimate of drug-likeness (QED) is 0.865. The van der Waals surface area contributed by atoms with Crippen LogP contribution in [-0.2, 0) is 6.54 Å². The molecule has 0 radical (unpaired) electrons. The van der Waals surface area contributed by atoms with Crippen LogP contribution in [0.4, 0.5) is 0 Å². The van der Waals surface area contributed by atoms with Crippen LogP contribution in [0.2, 0.25) is 0 Å². The fourth-order valence-corrected chi connectivity index (χ4v) is 1.73. The van der Waals surface area contributed by atoms with Gasteiger partial charge in [-0.3, -0.25) is 0 Å². The van der Waals surface area contributed by atoms with Crippen molar-refractivity contribution in [2.24, 2.45) is 5.73 Å². The van der Waals surface area contributed by atoms with Crippen LogP contribution in [0.3, 0.4) is 0 Å². The van der Waals surface area contributed by atoms with Crippen molar-refractivity contribution >= 4 is 15.9 Å². The molecule has 14 heavy (non-hydrogen) atoms. The van der Waals surface area contributed by atoms with E-state index in [1.807, 2.05) is 19.1 Å². The fraction of sp³-hybridized carbons (Fsp3) is 0.222. The van der Waals surface area contributed by atoms with E-state index in [-0.39, 0.29) is 0 Å². The molecule has 0 aliphatic heterocycles. The molecule has 2 aromatic rings. The zero-order valence-electron chi connectivity index (χ0n) is 7.67. The number of furan rings is 1. The summed E-state index contributed by atoms with van der Waals surface area (Å²) in [5, 5.41) is 0. The Bertz CT molecular complexity index is 447. The van der Waals surface area contributed by atoms with Gasteiger partial charge in [0.05, 0.1) is 6.54 Å². The molecule has 2 rings (SSSR count). The highest BCUT2D eigenvalue weighted by Gasteiger charge is 2.12. The zero-order valence-corrected chi connectivity index (χ0v) is 9.26.